The van der Waals surface area contributed by atoms with Crippen LogP contribution in [0.25, 0.3) is 11.0 Å². The quantitative estimate of drug-likeness (QED) is 0.152. The number of nitrogens with zero attached hydrogens (tertiary/aromatic N) is 2. The van der Waals surface area contributed by atoms with Gasteiger partial charge in [0.1, 0.15) is 17.8 Å². The Hall–Kier alpha value is -3.15. The summed E-state index contributed by atoms with van der Waals surface area (Å²) in [7, 11) is 0. The van der Waals surface area contributed by atoms with Crippen LogP contribution in [0.2, 0.25) is 0 Å². The zero-order valence-electron chi connectivity index (χ0n) is 19.3. The first kappa shape index (κ1) is 25.9. The van der Waals surface area contributed by atoms with Crippen LogP contribution in [-0.4, -0.2) is 38.8 Å². The predicted molar refractivity (Wildman–Crippen MR) is 127 cm³/mol. The molecule has 36 heavy (non-hydrogen) atoms. The minimum atomic E-state index is -4.30. The van der Waals surface area contributed by atoms with E-state index in [4.69, 9.17) is 4.74 Å². The molecule has 2 heterocycles. The highest BCUT2D eigenvalue weighted by Crippen LogP contribution is 2.37. The van der Waals surface area contributed by atoms with Crippen LogP contribution < -0.4 is 9.46 Å². The van der Waals surface area contributed by atoms with Crippen molar-refractivity contribution in [2.45, 2.75) is 38.1 Å². The number of aromatic amines is 1. The number of benzene rings is 1. The average Bonchev–Trinajstić information content (AvgIpc) is 3.27. The third-order valence-electron chi connectivity index (χ3n) is 5.61. The Morgan fingerprint density at radius 3 is 2.67 bits per heavy atom. The van der Waals surface area contributed by atoms with Gasteiger partial charge in [0.2, 0.25) is 11.7 Å². The number of nitrogens with one attached hydrogen (secondary N) is 2. The van der Waals surface area contributed by atoms with E-state index in [-0.39, 0.29) is 52.2 Å². The summed E-state index contributed by atoms with van der Waals surface area (Å²) in [6.45, 7) is 4.17. The number of hydrogen-bond acceptors (Lipinski definition) is 6. The van der Waals surface area contributed by atoms with E-state index in [9.17, 15) is 22.4 Å². The van der Waals surface area contributed by atoms with Crippen molar-refractivity contribution >= 4 is 34.5 Å². The molecule has 1 aliphatic carbocycles. The minimum Gasteiger partial charge on any atom is -0.477 e. The highest BCUT2D eigenvalue weighted by atomic mass is 32.2. The van der Waals surface area contributed by atoms with Crippen LogP contribution in [-0.2, 0) is 0 Å². The fourth-order valence-corrected chi connectivity index (χ4v) is 4.61. The Morgan fingerprint density at radius 1 is 1.22 bits per heavy atom. The first-order valence-electron chi connectivity index (χ1n) is 11.2. The lowest BCUT2D eigenvalue weighted by atomic mass is 9.95. The SMILES string of the molecule is CC(C)COc1ncnc2[nH]cc(C(=O)c3c(F)ccc(NSC4C=CC(C(F)(F)F)CC4)c3F)c12. The first-order valence-corrected chi connectivity index (χ1v) is 12.1. The smallest absolute Gasteiger partial charge is 0.395 e. The summed E-state index contributed by atoms with van der Waals surface area (Å²) in [5.41, 5.74) is -0.723. The van der Waals surface area contributed by atoms with Gasteiger partial charge in [-0.15, -0.1) is 0 Å². The number of hydrogen-bond donors (Lipinski definition) is 2. The number of rotatable bonds is 8. The maximum atomic E-state index is 15.3. The molecule has 0 spiro atoms. The molecule has 1 aliphatic rings. The highest BCUT2D eigenvalue weighted by Gasteiger charge is 2.39. The van der Waals surface area contributed by atoms with Gasteiger partial charge >= 0.3 is 6.18 Å². The lowest BCUT2D eigenvalue weighted by Crippen LogP contribution is -2.25. The van der Waals surface area contributed by atoms with Gasteiger partial charge in [-0.2, -0.15) is 13.2 Å². The van der Waals surface area contributed by atoms with Gasteiger partial charge in [-0.05, 0) is 42.8 Å². The van der Waals surface area contributed by atoms with Crippen molar-refractivity contribution in [3.8, 4) is 5.88 Å². The van der Waals surface area contributed by atoms with Gasteiger partial charge < -0.3 is 14.4 Å². The molecule has 2 N–H and O–H groups in total. The van der Waals surface area contributed by atoms with E-state index >= 15 is 4.39 Å². The Labute approximate surface area is 207 Å². The number of fused-ring (bicyclic) bond motifs is 1. The van der Waals surface area contributed by atoms with Crippen molar-refractivity contribution in [3.63, 3.8) is 0 Å². The van der Waals surface area contributed by atoms with Crippen LogP contribution in [0, 0.1) is 23.5 Å². The standard InChI is InChI=1S/C24H23F5N4O2S/c1-12(2)10-35-23-18-15(9-30-22(18)31-11-32-23)21(34)19-16(25)7-8-17(20(19)26)33-36-14-5-3-13(4-6-14)24(27,28)29/h3,5,7-9,11-14,33H,4,6,10H2,1-2H3,(H,30,31,32). The molecule has 0 saturated heterocycles. The number of carbonyl (C=O) groups is 1. The third kappa shape index (κ3) is 5.48. The van der Waals surface area contributed by atoms with Crippen LogP contribution >= 0.6 is 11.9 Å². The monoisotopic (exact) mass is 526 g/mol. The van der Waals surface area contributed by atoms with E-state index in [1.54, 1.807) is 0 Å². The highest BCUT2D eigenvalue weighted by molar-refractivity contribution is 8.01. The molecule has 0 fully saturated rings. The molecule has 3 aromatic rings. The van der Waals surface area contributed by atoms with Crippen LogP contribution in [0.1, 0.15) is 42.6 Å². The Balaban J connectivity index is 1.58. The number of H-pyrrole nitrogens is 1. The van der Waals surface area contributed by atoms with E-state index < -0.39 is 35.1 Å². The molecule has 0 radical (unpaired) electrons. The van der Waals surface area contributed by atoms with Gasteiger partial charge in [0.15, 0.2) is 5.82 Å². The van der Waals surface area contributed by atoms with Crippen molar-refractivity contribution in [3.05, 3.63) is 59.6 Å². The topological polar surface area (TPSA) is 79.9 Å². The molecule has 0 saturated carbocycles. The van der Waals surface area contributed by atoms with E-state index in [2.05, 4.69) is 19.7 Å². The molecule has 192 valence electrons. The lowest BCUT2D eigenvalue weighted by molar-refractivity contribution is -0.163. The second kappa shape index (κ2) is 10.5. The van der Waals surface area contributed by atoms with Crippen molar-refractivity contribution in [1.29, 1.82) is 0 Å². The summed E-state index contributed by atoms with van der Waals surface area (Å²) >= 11 is 0.991. The number of ketones is 1. The van der Waals surface area contributed by atoms with Crippen molar-refractivity contribution in [2.24, 2.45) is 11.8 Å². The summed E-state index contributed by atoms with van der Waals surface area (Å²) in [5, 5.41) is -0.139. The molecule has 1 aromatic carbocycles. The van der Waals surface area contributed by atoms with E-state index in [1.165, 1.54) is 18.6 Å². The van der Waals surface area contributed by atoms with Crippen LogP contribution in [0.15, 0.2) is 36.8 Å². The van der Waals surface area contributed by atoms with Crippen molar-refractivity contribution in [1.82, 2.24) is 15.0 Å². The second-order valence-electron chi connectivity index (χ2n) is 8.79. The molecule has 12 heteroatoms. The zero-order chi connectivity index (χ0) is 26.0. The molecule has 0 aliphatic heterocycles. The fourth-order valence-electron chi connectivity index (χ4n) is 3.75. The Morgan fingerprint density at radius 2 is 2.00 bits per heavy atom. The predicted octanol–water partition coefficient (Wildman–Crippen LogP) is 6.46. The number of carbonyl (C=O) groups excluding carboxylic acids is 1. The molecule has 4 rings (SSSR count). The number of anilines is 1. The normalized spacial score (nSPS) is 18.1. The van der Waals surface area contributed by atoms with Gasteiger partial charge in [0.25, 0.3) is 0 Å². The minimum absolute atomic E-state index is 0.0552. The molecule has 0 amide bonds. The van der Waals surface area contributed by atoms with E-state index in [0.29, 0.717) is 6.61 Å². The molecule has 0 bridgehead atoms. The van der Waals surface area contributed by atoms with Crippen LogP contribution in [0.4, 0.5) is 27.6 Å². The maximum absolute atomic E-state index is 15.3. The van der Waals surface area contributed by atoms with E-state index in [0.717, 1.165) is 30.2 Å². The average molecular weight is 527 g/mol. The summed E-state index contributed by atoms with van der Waals surface area (Å²) in [4.78, 5) is 24.2. The van der Waals surface area contributed by atoms with Gasteiger partial charge in [0, 0.05) is 11.4 Å². The third-order valence-corrected chi connectivity index (χ3v) is 6.65. The number of alkyl halides is 3. The van der Waals surface area contributed by atoms with E-state index in [1.807, 2.05) is 13.8 Å². The molecular formula is C24H23F5N4O2S. The van der Waals surface area contributed by atoms with Gasteiger partial charge in [-0.1, -0.05) is 26.0 Å². The zero-order valence-corrected chi connectivity index (χ0v) is 20.1. The summed E-state index contributed by atoms with van der Waals surface area (Å²) < 4.78 is 76.9. The molecule has 2 unspecified atom stereocenters. The number of allylic oxidation sites excluding steroid dienone is 1. The Bertz CT molecular complexity index is 1290. The van der Waals surface area contributed by atoms with Gasteiger partial charge in [-0.25, -0.2) is 18.7 Å². The van der Waals surface area contributed by atoms with Gasteiger partial charge in [0.05, 0.1) is 34.7 Å². The summed E-state index contributed by atoms with van der Waals surface area (Å²) in [6, 6.07) is 2.09. The number of aromatic nitrogens is 3. The number of halogens is 5. The van der Waals surface area contributed by atoms with Crippen molar-refractivity contribution < 1.29 is 31.5 Å². The second-order valence-corrected chi connectivity index (χ2v) is 9.84. The fraction of sp³-hybridized carbons (Fsp3) is 0.375. The van der Waals surface area contributed by atoms with Gasteiger partial charge in [-0.3, -0.25) is 4.79 Å². The summed E-state index contributed by atoms with van der Waals surface area (Å²) in [5.74, 6) is -4.33. The molecule has 2 aromatic heterocycles. The maximum Gasteiger partial charge on any atom is 0.395 e. The molecule has 6 nitrogen and oxygen atoms in total. The lowest BCUT2D eigenvalue weighted by Gasteiger charge is -2.24. The van der Waals surface area contributed by atoms with Crippen molar-refractivity contribution in [2.75, 3.05) is 11.3 Å². The van der Waals surface area contributed by atoms with Crippen LogP contribution in [0.3, 0.4) is 0 Å². The molecule has 2 atom stereocenters. The molecular weight excluding hydrogens is 503 g/mol. The largest absolute Gasteiger partial charge is 0.477 e. The number of ether oxygens (including phenoxy) is 1. The first-order chi connectivity index (χ1) is 17.1. The summed E-state index contributed by atoms with van der Waals surface area (Å²) in [6.07, 6.45) is 0.892. The van der Waals surface area contributed by atoms with Crippen LogP contribution in [0.5, 0.6) is 5.88 Å². The Kier molecular flexibility index (Phi) is 7.53.